The van der Waals surface area contributed by atoms with Gasteiger partial charge in [-0.2, -0.15) is 0 Å². The number of anilines is 2. The molecule has 4 rings (SSSR count). The molecule has 0 bridgehead atoms. The zero-order valence-electron chi connectivity index (χ0n) is 18.3. The number of ether oxygens (including phenoxy) is 1. The molecule has 1 heterocycles. The van der Waals surface area contributed by atoms with Gasteiger partial charge in [0, 0.05) is 28.9 Å². The van der Waals surface area contributed by atoms with Crippen LogP contribution in [0.2, 0.25) is 0 Å². The highest BCUT2D eigenvalue weighted by Gasteiger charge is 2.24. The summed E-state index contributed by atoms with van der Waals surface area (Å²) in [5.74, 6) is 0.553. The first-order chi connectivity index (χ1) is 14.9. The van der Waals surface area contributed by atoms with Gasteiger partial charge in [-0.15, -0.1) is 0 Å². The second kappa shape index (κ2) is 8.23. The largest absolute Gasteiger partial charge is 0.497 e. The molecule has 4 aromatic rings. The fraction of sp³-hybridized carbons (Fsp3) is 0.185. The summed E-state index contributed by atoms with van der Waals surface area (Å²) in [5.41, 5.74) is 4.05. The van der Waals surface area contributed by atoms with Gasteiger partial charge in [-0.05, 0) is 47.4 Å². The molecule has 4 nitrogen and oxygen atoms in total. The molecule has 4 heteroatoms. The lowest BCUT2D eigenvalue weighted by molar-refractivity contribution is 0.0999. The third-order valence-corrected chi connectivity index (χ3v) is 5.35. The summed E-state index contributed by atoms with van der Waals surface area (Å²) in [4.78, 5) is 20.0. The van der Waals surface area contributed by atoms with Gasteiger partial charge in [-0.3, -0.25) is 14.7 Å². The Hall–Kier alpha value is -3.66. The first-order valence-electron chi connectivity index (χ1n) is 10.3. The standard InChI is InChI=1S/C27H26N2O2/c1-27(2,3)21-12-14-22(15-13-21)29(26(30)19-9-6-5-7-10-19)24-18-23(31-4)17-20-11-8-16-28-25(20)24/h5-18H,1-4H3. The number of benzene rings is 3. The topological polar surface area (TPSA) is 42.4 Å². The number of carbonyl (C=O) groups excluding carboxylic acids is 1. The Morgan fingerprint density at radius 1 is 0.903 bits per heavy atom. The van der Waals surface area contributed by atoms with Crippen LogP contribution in [0.25, 0.3) is 10.9 Å². The normalized spacial score (nSPS) is 11.4. The van der Waals surface area contributed by atoms with Gasteiger partial charge < -0.3 is 4.74 Å². The molecular formula is C27H26N2O2. The molecule has 31 heavy (non-hydrogen) atoms. The van der Waals surface area contributed by atoms with Crippen molar-refractivity contribution < 1.29 is 9.53 Å². The summed E-state index contributed by atoms with van der Waals surface area (Å²) in [7, 11) is 1.63. The molecule has 0 spiro atoms. The Morgan fingerprint density at radius 3 is 2.26 bits per heavy atom. The van der Waals surface area contributed by atoms with E-state index in [1.165, 1.54) is 5.56 Å². The van der Waals surface area contributed by atoms with Crippen LogP contribution in [0.5, 0.6) is 5.75 Å². The Kier molecular flexibility index (Phi) is 5.47. The second-order valence-corrected chi connectivity index (χ2v) is 8.53. The van der Waals surface area contributed by atoms with Gasteiger partial charge in [0.15, 0.2) is 0 Å². The van der Waals surface area contributed by atoms with Crippen LogP contribution in [-0.4, -0.2) is 18.0 Å². The molecule has 0 radical (unpaired) electrons. The molecule has 156 valence electrons. The second-order valence-electron chi connectivity index (χ2n) is 8.53. The molecule has 0 saturated heterocycles. The number of hydrogen-bond acceptors (Lipinski definition) is 3. The van der Waals surface area contributed by atoms with Crippen molar-refractivity contribution in [3.63, 3.8) is 0 Å². The molecule has 0 aliphatic rings. The molecule has 0 aliphatic carbocycles. The number of pyridine rings is 1. The minimum Gasteiger partial charge on any atom is -0.497 e. The van der Waals surface area contributed by atoms with Crippen LogP contribution >= 0.6 is 0 Å². The van der Waals surface area contributed by atoms with Crippen molar-refractivity contribution in [1.29, 1.82) is 0 Å². The van der Waals surface area contributed by atoms with Crippen LogP contribution in [0.15, 0.2) is 85.1 Å². The third kappa shape index (κ3) is 4.15. The van der Waals surface area contributed by atoms with E-state index in [1.807, 2.05) is 66.7 Å². The van der Waals surface area contributed by atoms with Gasteiger partial charge in [0.05, 0.1) is 18.3 Å². The van der Waals surface area contributed by atoms with Crippen LogP contribution in [-0.2, 0) is 5.41 Å². The van der Waals surface area contributed by atoms with Crippen LogP contribution in [0, 0.1) is 0 Å². The average molecular weight is 411 g/mol. The third-order valence-electron chi connectivity index (χ3n) is 5.35. The van der Waals surface area contributed by atoms with E-state index < -0.39 is 0 Å². The van der Waals surface area contributed by atoms with E-state index in [-0.39, 0.29) is 11.3 Å². The minimum absolute atomic E-state index is 0.0248. The molecule has 1 amide bonds. The van der Waals surface area contributed by atoms with E-state index in [0.29, 0.717) is 17.0 Å². The molecule has 0 atom stereocenters. The number of carbonyl (C=O) groups is 1. The van der Waals surface area contributed by atoms with Crippen molar-refractivity contribution in [3.8, 4) is 5.75 Å². The fourth-order valence-electron chi connectivity index (χ4n) is 3.62. The molecule has 1 aromatic heterocycles. The van der Waals surface area contributed by atoms with Gasteiger partial charge in [0.2, 0.25) is 0 Å². The van der Waals surface area contributed by atoms with Gasteiger partial charge >= 0.3 is 0 Å². The monoisotopic (exact) mass is 410 g/mol. The van der Waals surface area contributed by atoms with Crippen molar-refractivity contribution in [2.45, 2.75) is 26.2 Å². The van der Waals surface area contributed by atoms with Crippen molar-refractivity contribution in [2.24, 2.45) is 0 Å². The quantitative estimate of drug-likeness (QED) is 0.385. The highest BCUT2D eigenvalue weighted by Crippen LogP contribution is 2.37. The molecule has 0 aliphatic heterocycles. The first-order valence-corrected chi connectivity index (χ1v) is 10.3. The predicted molar refractivity (Wildman–Crippen MR) is 126 cm³/mol. The highest BCUT2D eigenvalue weighted by molar-refractivity contribution is 6.14. The van der Waals surface area contributed by atoms with Crippen LogP contribution in [0.3, 0.4) is 0 Å². The molecule has 0 saturated carbocycles. The molecule has 0 fully saturated rings. The number of fused-ring (bicyclic) bond motifs is 1. The van der Waals surface area contributed by atoms with E-state index in [0.717, 1.165) is 16.6 Å². The fourth-order valence-corrected chi connectivity index (χ4v) is 3.62. The minimum atomic E-state index is -0.121. The molecule has 0 unspecified atom stereocenters. The zero-order valence-corrected chi connectivity index (χ0v) is 18.3. The number of methoxy groups -OCH3 is 1. The van der Waals surface area contributed by atoms with E-state index in [2.05, 4.69) is 37.9 Å². The summed E-state index contributed by atoms with van der Waals surface area (Å²) >= 11 is 0. The maximum atomic E-state index is 13.7. The Labute approximate surface area is 183 Å². The van der Waals surface area contributed by atoms with Gasteiger partial charge in [-0.25, -0.2) is 0 Å². The maximum Gasteiger partial charge on any atom is 0.262 e. The summed E-state index contributed by atoms with van der Waals surface area (Å²) in [6.07, 6.45) is 1.74. The Balaban J connectivity index is 1.94. The van der Waals surface area contributed by atoms with E-state index >= 15 is 0 Å². The number of nitrogens with zero attached hydrogens (tertiary/aromatic N) is 2. The van der Waals surface area contributed by atoms with Crippen LogP contribution in [0.1, 0.15) is 36.7 Å². The van der Waals surface area contributed by atoms with Crippen LogP contribution < -0.4 is 9.64 Å². The lowest BCUT2D eigenvalue weighted by Gasteiger charge is -2.26. The first kappa shape index (κ1) is 20.6. The molecule has 3 aromatic carbocycles. The zero-order chi connectivity index (χ0) is 22.0. The molecule has 0 N–H and O–H groups in total. The van der Waals surface area contributed by atoms with Gasteiger partial charge in [-0.1, -0.05) is 57.2 Å². The van der Waals surface area contributed by atoms with E-state index in [4.69, 9.17) is 4.74 Å². The summed E-state index contributed by atoms with van der Waals surface area (Å²) in [6, 6.07) is 25.1. The van der Waals surface area contributed by atoms with Crippen LogP contribution in [0.4, 0.5) is 11.4 Å². The summed E-state index contributed by atoms with van der Waals surface area (Å²) in [6.45, 7) is 6.52. The Bertz CT molecular complexity index is 1210. The highest BCUT2D eigenvalue weighted by atomic mass is 16.5. The SMILES string of the molecule is COc1cc(N(C(=O)c2ccccc2)c2ccc(C(C)(C)C)cc2)c2ncccc2c1. The number of aromatic nitrogens is 1. The predicted octanol–water partition coefficient (Wildman–Crippen LogP) is 6.52. The summed E-state index contributed by atoms with van der Waals surface area (Å²) < 4.78 is 5.53. The van der Waals surface area contributed by atoms with E-state index in [1.54, 1.807) is 18.2 Å². The lowest BCUT2D eigenvalue weighted by Crippen LogP contribution is -2.26. The van der Waals surface area contributed by atoms with Crippen molar-refractivity contribution in [3.05, 3.63) is 96.2 Å². The Morgan fingerprint density at radius 2 is 1.61 bits per heavy atom. The average Bonchev–Trinajstić information content (AvgIpc) is 2.79. The van der Waals surface area contributed by atoms with Crippen molar-refractivity contribution in [2.75, 3.05) is 12.0 Å². The van der Waals surface area contributed by atoms with Gasteiger partial charge in [0.1, 0.15) is 5.75 Å². The lowest BCUT2D eigenvalue weighted by atomic mass is 9.87. The van der Waals surface area contributed by atoms with E-state index in [9.17, 15) is 4.79 Å². The number of amides is 1. The molecular weight excluding hydrogens is 384 g/mol. The maximum absolute atomic E-state index is 13.7. The van der Waals surface area contributed by atoms with Crippen molar-refractivity contribution >= 4 is 28.2 Å². The smallest absolute Gasteiger partial charge is 0.262 e. The van der Waals surface area contributed by atoms with Gasteiger partial charge in [0.25, 0.3) is 5.91 Å². The van der Waals surface area contributed by atoms with Crippen molar-refractivity contribution in [1.82, 2.24) is 4.98 Å². The number of rotatable bonds is 4. The number of hydrogen-bond donors (Lipinski definition) is 0. The summed E-state index contributed by atoms with van der Waals surface area (Å²) in [5, 5.41) is 0.911.